The molecule has 0 amide bonds. The van der Waals surface area contributed by atoms with Gasteiger partial charge in [0.1, 0.15) is 0 Å². The van der Waals surface area contributed by atoms with Gasteiger partial charge in [-0.2, -0.15) is 0 Å². The van der Waals surface area contributed by atoms with Crippen LogP contribution >= 0.6 is 34.8 Å². The normalized spacial score (nSPS) is 12.4. The zero-order valence-electron chi connectivity index (χ0n) is 11.2. The lowest BCUT2D eigenvalue weighted by molar-refractivity contribution is 0.577. The first-order valence-corrected chi connectivity index (χ1v) is 7.62. The van der Waals surface area contributed by atoms with Gasteiger partial charge in [0.2, 0.25) is 0 Å². The molecule has 0 radical (unpaired) electrons. The van der Waals surface area contributed by atoms with Gasteiger partial charge >= 0.3 is 0 Å². The van der Waals surface area contributed by atoms with Crippen LogP contribution in [0.3, 0.4) is 0 Å². The van der Waals surface area contributed by atoms with Gasteiger partial charge in [-0.1, -0.05) is 53.0 Å². The first-order chi connectivity index (χ1) is 9.56. The van der Waals surface area contributed by atoms with Crippen LogP contribution in [-0.2, 0) is 6.42 Å². The maximum atomic E-state index is 6.20. The van der Waals surface area contributed by atoms with Crippen LogP contribution in [0, 0.1) is 0 Å². The molecule has 0 bridgehead atoms. The Hall–Kier alpha value is -0.730. The minimum absolute atomic E-state index is 0.187. The highest BCUT2D eigenvalue weighted by atomic mass is 35.5. The summed E-state index contributed by atoms with van der Waals surface area (Å²) in [5.74, 6) is 0. The van der Waals surface area contributed by atoms with Crippen molar-refractivity contribution in [2.75, 3.05) is 6.54 Å². The van der Waals surface area contributed by atoms with E-state index >= 15 is 0 Å². The summed E-state index contributed by atoms with van der Waals surface area (Å²) in [6.07, 6.45) is 0.951. The summed E-state index contributed by atoms with van der Waals surface area (Å²) in [7, 11) is 0. The highest BCUT2D eigenvalue weighted by Gasteiger charge is 2.09. The molecule has 1 N–H and O–H groups in total. The molecule has 0 saturated carbocycles. The monoisotopic (exact) mass is 327 g/mol. The summed E-state index contributed by atoms with van der Waals surface area (Å²) < 4.78 is 0. The Bertz CT molecular complexity index is 566. The van der Waals surface area contributed by atoms with E-state index in [0.717, 1.165) is 23.6 Å². The second-order valence-corrected chi connectivity index (χ2v) is 6.00. The third-order valence-electron chi connectivity index (χ3n) is 3.21. The van der Waals surface area contributed by atoms with Crippen molar-refractivity contribution >= 4 is 34.8 Å². The minimum atomic E-state index is 0.187. The summed E-state index contributed by atoms with van der Waals surface area (Å²) in [5, 5.41) is 5.59. The molecule has 2 rings (SSSR count). The molecule has 0 heterocycles. The van der Waals surface area contributed by atoms with Crippen LogP contribution in [0.4, 0.5) is 0 Å². The van der Waals surface area contributed by atoms with Crippen LogP contribution in [0.1, 0.15) is 24.1 Å². The molecule has 2 aromatic carbocycles. The predicted molar refractivity (Wildman–Crippen MR) is 88.0 cm³/mol. The Morgan fingerprint density at radius 2 is 1.60 bits per heavy atom. The summed E-state index contributed by atoms with van der Waals surface area (Å²) >= 11 is 18.0. The molecule has 1 unspecified atom stereocenters. The Balaban J connectivity index is 1.88. The molecule has 4 heteroatoms. The molecule has 0 aliphatic carbocycles. The second-order valence-electron chi connectivity index (χ2n) is 4.72. The van der Waals surface area contributed by atoms with E-state index in [0.29, 0.717) is 10.0 Å². The van der Waals surface area contributed by atoms with Crippen LogP contribution in [0.15, 0.2) is 42.5 Å². The fraction of sp³-hybridized carbons (Fsp3) is 0.250. The van der Waals surface area contributed by atoms with Crippen molar-refractivity contribution in [3.63, 3.8) is 0 Å². The zero-order chi connectivity index (χ0) is 14.5. The molecular weight excluding hydrogens is 313 g/mol. The van der Waals surface area contributed by atoms with Crippen LogP contribution in [0.25, 0.3) is 0 Å². The number of rotatable bonds is 5. The van der Waals surface area contributed by atoms with E-state index in [1.807, 2.05) is 36.4 Å². The highest BCUT2D eigenvalue weighted by molar-refractivity contribution is 6.35. The largest absolute Gasteiger partial charge is 0.310 e. The molecular formula is C16H16Cl3N. The predicted octanol–water partition coefficient (Wildman–Crippen LogP) is 5.54. The van der Waals surface area contributed by atoms with Crippen molar-refractivity contribution < 1.29 is 0 Å². The summed E-state index contributed by atoms with van der Waals surface area (Å²) in [5.41, 5.74) is 2.32. The van der Waals surface area contributed by atoms with E-state index in [9.17, 15) is 0 Å². The lowest BCUT2D eigenvalue weighted by Crippen LogP contribution is -2.21. The Morgan fingerprint density at radius 3 is 2.25 bits per heavy atom. The average Bonchev–Trinajstić information content (AvgIpc) is 2.41. The Morgan fingerprint density at radius 1 is 0.950 bits per heavy atom. The van der Waals surface area contributed by atoms with E-state index in [2.05, 4.69) is 12.2 Å². The zero-order valence-corrected chi connectivity index (χ0v) is 13.4. The average molecular weight is 329 g/mol. The Labute approximate surface area is 134 Å². The molecule has 0 aliphatic heterocycles. The fourth-order valence-electron chi connectivity index (χ4n) is 2.05. The van der Waals surface area contributed by atoms with Gasteiger partial charge in [-0.3, -0.25) is 0 Å². The molecule has 0 fully saturated rings. The SMILES string of the molecule is CC(NCCc1ccc(Cl)cc1)c1ccc(Cl)cc1Cl. The van der Waals surface area contributed by atoms with Crippen molar-refractivity contribution in [3.8, 4) is 0 Å². The molecule has 0 aromatic heterocycles. The summed E-state index contributed by atoms with van der Waals surface area (Å²) in [6.45, 7) is 2.97. The van der Waals surface area contributed by atoms with Crippen LogP contribution in [0.2, 0.25) is 15.1 Å². The number of nitrogens with one attached hydrogen (secondary N) is 1. The van der Waals surface area contributed by atoms with Gasteiger partial charge in [-0.15, -0.1) is 0 Å². The lowest BCUT2D eigenvalue weighted by Gasteiger charge is -2.16. The molecule has 20 heavy (non-hydrogen) atoms. The molecule has 0 spiro atoms. The van der Waals surface area contributed by atoms with Crippen molar-refractivity contribution in [1.82, 2.24) is 5.32 Å². The van der Waals surface area contributed by atoms with Gasteiger partial charge in [0.05, 0.1) is 0 Å². The third kappa shape index (κ3) is 4.39. The van der Waals surface area contributed by atoms with Gasteiger partial charge in [0.25, 0.3) is 0 Å². The second kappa shape index (κ2) is 7.33. The van der Waals surface area contributed by atoms with E-state index in [1.165, 1.54) is 5.56 Å². The molecule has 0 aliphatic rings. The first-order valence-electron chi connectivity index (χ1n) is 6.49. The van der Waals surface area contributed by atoms with Crippen LogP contribution in [-0.4, -0.2) is 6.54 Å². The number of hydrogen-bond donors (Lipinski definition) is 1. The lowest BCUT2D eigenvalue weighted by atomic mass is 10.1. The fourth-order valence-corrected chi connectivity index (χ4v) is 2.74. The van der Waals surface area contributed by atoms with Gasteiger partial charge < -0.3 is 5.32 Å². The van der Waals surface area contributed by atoms with E-state index in [-0.39, 0.29) is 6.04 Å². The van der Waals surface area contributed by atoms with Crippen LogP contribution < -0.4 is 5.32 Å². The maximum Gasteiger partial charge on any atom is 0.0468 e. The summed E-state index contributed by atoms with van der Waals surface area (Å²) in [6, 6.07) is 13.7. The molecule has 1 nitrogen and oxygen atoms in total. The van der Waals surface area contributed by atoms with Gasteiger partial charge in [-0.05, 0) is 55.3 Å². The van der Waals surface area contributed by atoms with Crippen molar-refractivity contribution in [3.05, 3.63) is 68.7 Å². The van der Waals surface area contributed by atoms with E-state index < -0.39 is 0 Å². The van der Waals surface area contributed by atoms with Gasteiger partial charge in [0.15, 0.2) is 0 Å². The Kier molecular flexibility index (Phi) is 5.74. The van der Waals surface area contributed by atoms with Crippen LogP contribution in [0.5, 0.6) is 0 Å². The third-order valence-corrected chi connectivity index (χ3v) is 4.02. The summed E-state index contributed by atoms with van der Waals surface area (Å²) in [4.78, 5) is 0. The molecule has 106 valence electrons. The molecule has 0 saturated heterocycles. The quantitative estimate of drug-likeness (QED) is 0.760. The first kappa shape index (κ1) is 15.7. The molecule has 2 aromatic rings. The minimum Gasteiger partial charge on any atom is -0.310 e. The maximum absolute atomic E-state index is 6.20. The standard InChI is InChI=1S/C16H16Cl3N/c1-11(15-7-6-14(18)10-16(15)19)20-9-8-12-2-4-13(17)5-3-12/h2-7,10-11,20H,8-9H2,1H3. The highest BCUT2D eigenvalue weighted by Crippen LogP contribution is 2.26. The van der Waals surface area contributed by atoms with Crippen molar-refractivity contribution in [2.45, 2.75) is 19.4 Å². The topological polar surface area (TPSA) is 12.0 Å². The van der Waals surface area contributed by atoms with E-state index in [1.54, 1.807) is 6.07 Å². The van der Waals surface area contributed by atoms with Crippen molar-refractivity contribution in [1.29, 1.82) is 0 Å². The van der Waals surface area contributed by atoms with Crippen molar-refractivity contribution in [2.24, 2.45) is 0 Å². The smallest absolute Gasteiger partial charge is 0.0468 e. The number of benzene rings is 2. The van der Waals surface area contributed by atoms with Gasteiger partial charge in [0, 0.05) is 21.1 Å². The number of halogens is 3. The number of hydrogen-bond acceptors (Lipinski definition) is 1. The van der Waals surface area contributed by atoms with E-state index in [4.69, 9.17) is 34.8 Å². The molecule has 1 atom stereocenters. The van der Waals surface area contributed by atoms with Gasteiger partial charge in [-0.25, -0.2) is 0 Å².